The Morgan fingerprint density at radius 3 is 2.29 bits per heavy atom. The molecule has 0 bridgehead atoms. The number of hydrogen-bond acceptors (Lipinski definition) is 3. The molecule has 1 unspecified atom stereocenters. The molecule has 2 rings (SSSR count). The third-order valence-corrected chi connectivity index (χ3v) is 4.38. The molecule has 2 aromatic carbocycles. The van der Waals surface area contributed by atoms with E-state index < -0.39 is 6.10 Å². The molecule has 0 aliphatic rings. The zero-order chi connectivity index (χ0) is 15.6. The fourth-order valence-electron chi connectivity index (χ4n) is 2.15. The van der Waals surface area contributed by atoms with Crippen LogP contribution in [0.2, 0.25) is 5.02 Å². The van der Waals surface area contributed by atoms with Gasteiger partial charge in [0.05, 0.1) is 14.2 Å². The van der Waals surface area contributed by atoms with E-state index in [0.717, 1.165) is 10.0 Å². The Labute approximate surface area is 137 Å². The molecule has 0 spiro atoms. The van der Waals surface area contributed by atoms with E-state index in [1.807, 2.05) is 19.1 Å². The van der Waals surface area contributed by atoms with Crippen molar-refractivity contribution in [1.29, 1.82) is 0 Å². The van der Waals surface area contributed by atoms with E-state index in [1.54, 1.807) is 32.4 Å². The summed E-state index contributed by atoms with van der Waals surface area (Å²) in [7, 11) is 3.13. The molecule has 0 aliphatic carbocycles. The highest BCUT2D eigenvalue weighted by atomic mass is 79.9. The van der Waals surface area contributed by atoms with Gasteiger partial charge in [0.1, 0.15) is 17.6 Å². The summed E-state index contributed by atoms with van der Waals surface area (Å²) in [6.45, 7) is 1.96. The second-order valence-electron chi connectivity index (χ2n) is 4.63. The number of benzene rings is 2. The zero-order valence-electron chi connectivity index (χ0n) is 12.0. The Hall–Kier alpha value is -1.23. The van der Waals surface area contributed by atoms with Crippen molar-refractivity contribution in [3.05, 3.63) is 56.5 Å². The number of halogens is 2. The molecular weight excluding hydrogens is 356 g/mol. The number of aryl methyl sites for hydroxylation is 1. The predicted octanol–water partition coefficient (Wildman–Crippen LogP) is 4.51. The van der Waals surface area contributed by atoms with E-state index in [9.17, 15) is 5.11 Å². The molecule has 0 aromatic heterocycles. The Morgan fingerprint density at radius 1 is 1.05 bits per heavy atom. The van der Waals surface area contributed by atoms with Crippen molar-refractivity contribution in [1.82, 2.24) is 0 Å². The van der Waals surface area contributed by atoms with E-state index >= 15 is 0 Å². The SMILES string of the molecule is COc1ccc(Cl)cc1C(O)c1cc(Br)c(C)cc1OC. The van der Waals surface area contributed by atoms with Gasteiger partial charge in [0.25, 0.3) is 0 Å². The van der Waals surface area contributed by atoms with Crippen molar-refractivity contribution >= 4 is 27.5 Å². The minimum Gasteiger partial charge on any atom is -0.496 e. The summed E-state index contributed by atoms with van der Waals surface area (Å²) < 4.78 is 11.6. The van der Waals surface area contributed by atoms with Crippen molar-refractivity contribution in [3.8, 4) is 11.5 Å². The van der Waals surface area contributed by atoms with Gasteiger partial charge in [-0.25, -0.2) is 0 Å². The molecule has 0 aliphatic heterocycles. The Kier molecular flexibility index (Phi) is 5.14. The lowest BCUT2D eigenvalue weighted by Crippen LogP contribution is -2.05. The Morgan fingerprint density at radius 2 is 1.67 bits per heavy atom. The van der Waals surface area contributed by atoms with Gasteiger partial charge in [-0.2, -0.15) is 0 Å². The van der Waals surface area contributed by atoms with Gasteiger partial charge in [-0.05, 0) is 42.8 Å². The molecule has 0 radical (unpaired) electrons. The van der Waals surface area contributed by atoms with Crippen LogP contribution < -0.4 is 9.47 Å². The van der Waals surface area contributed by atoms with Crippen LogP contribution >= 0.6 is 27.5 Å². The van der Waals surface area contributed by atoms with Gasteiger partial charge in [0.15, 0.2) is 0 Å². The highest BCUT2D eigenvalue weighted by Gasteiger charge is 2.20. The summed E-state index contributed by atoms with van der Waals surface area (Å²) in [5.41, 5.74) is 2.27. The number of aliphatic hydroxyl groups excluding tert-OH is 1. The van der Waals surface area contributed by atoms with Crippen LogP contribution in [0.1, 0.15) is 22.8 Å². The maximum Gasteiger partial charge on any atom is 0.125 e. The van der Waals surface area contributed by atoms with Crippen LogP contribution in [0, 0.1) is 6.92 Å². The number of methoxy groups -OCH3 is 2. The summed E-state index contributed by atoms with van der Waals surface area (Å²) in [5, 5.41) is 11.3. The van der Waals surface area contributed by atoms with Gasteiger partial charge in [0.2, 0.25) is 0 Å². The minimum absolute atomic E-state index is 0.537. The lowest BCUT2D eigenvalue weighted by molar-refractivity contribution is 0.209. The second kappa shape index (κ2) is 6.69. The summed E-state index contributed by atoms with van der Waals surface area (Å²) in [6.07, 6.45) is -0.898. The lowest BCUT2D eigenvalue weighted by Gasteiger charge is -2.19. The third kappa shape index (κ3) is 3.34. The van der Waals surface area contributed by atoms with Crippen molar-refractivity contribution in [3.63, 3.8) is 0 Å². The van der Waals surface area contributed by atoms with Crippen molar-refractivity contribution < 1.29 is 14.6 Å². The number of aliphatic hydroxyl groups is 1. The Balaban J connectivity index is 2.56. The lowest BCUT2D eigenvalue weighted by atomic mass is 9.98. The van der Waals surface area contributed by atoms with E-state index in [1.165, 1.54) is 0 Å². The highest BCUT2D eigenvalue weighted by Crippen LogP contribution is 2.38. The topological polar surface area (TPSA) is 38.7 Å². The fourth-order valence-corrected chi connectivity index (χ4v) is 2.69. The van der Waals surface area contributed by atoms with Gasteiger partial charge in [-0.3, -0.25) is 0 Å². The molecule has 0 amide bonds. The third-order valence-electron chi connectivity index (χ3n) is 3.29. The van der Waals surface area contributed by atoms with Crippen molar-refractivity contribution in [2.45, 2.75) is 13.0 Å². The van der Waals surface area contributed by atoms with Crippen molar-refractivity contribution in [2.24, 2.45) is 0 Å². The fraction of sp³-hybridized carbons (Fsp3) is 0.250. The van der Waals surface area contributed by atoms with E-state index in [2.05, 4.69) is 15.9 Å². The summed E-state index contributed by atoms with van der Waals surface area (Å²) in [6, 6.07) is 8.87. The second-order valence-corrected chi connectivity index (χ2v) is 5.92. The first-order valence-electron chi connectivity index (χ1n) is 6.33. The van der Waals surface area contributed by atoms with Crippen molar-refractivity contribution in [2.75, 3.05) is 14.2 Å². The van der Waals surface area contributed by atoms with E-state index in [-0.39, 0.29) is 0 Å². The molecule has 3 nitrogen and oxygen atoms in total. The molecular formula is C16H16BrClO3. The smallest absolute Gasteiger partial charge is 0.125 e. The average Bonchev–Trinajstić information content (AvgIpc) is 2.48. The molecule has 0 fully saturated rings. The van der Waals surface area contributed by atoms with Gasteiger partial charge >= 0.3 is 0 Å². The standard InChI is InChI=1S/C16H16BrClO3/c1-9-6-15(21-3)12(8-13(9)17)16(19)11-7-10(18)4-5-14(11)20-2/h4-8,16,19H,1-3H3. The number of ether oxygens (including phenoxy) is 2. The molecule has 0 saturated carbocycles. The van der Waals surface area contributed by atoms with Gasteiger partial charge in [-0.1, -0.05) is 27.5 Å². The molecule has 1 N–H and O–H groups in total. The largest absolute Gasteiger partial charge is 0.496 e. The first-order chi connectivity index (χ1) is 9.97. The predicted molar refractivity (Wildman–Crippen MR) is 87.5 cm³/mol. The van der Waals surface area contributed by atoms with Crippen LogP contribution in [0.5, 0.6) is 11.5 Å². The summed E-state index contributed by atoms with van der Waals surface area (Å²) in [5.74, 6) is 1.19. The van der Waals surface area contributed by atoms with E-state index in [4.69, 9.17) is 21.1 Å². The first kappa shape index (κ1) is 16.1. The molecule has 0 saturated heterocycles. The quantitative estimate of drug-likeness (QED) is 0.859. The molecule has 2 aromatic rings. The molecule has 0 heterocycles. The average molecular weight is 372 g/mol. The van der Waals surface area contributed by atoms with Crippen LogP contribution in [0.25, 0.3) is 0 Å². The Bertz CT molecular complexity index is 658. The maximum absolute atomic E-state index is 10.7. The molecule has 1 atom stereocenters. The van der Waals surface area contributed by atoms with Crippen LogP contribution in [0.3, 0.4) is 0 Å². The summed E-state index contributed by atoms with van der Waals surface area (Å²) in [4.78, 5) is 0. The van der Waals surface area contributed by atoms with E-state index in [0.29, 0.717) is 27.6 Å². The van der Waals surface area contributed by atoms with Gasteiger partial charge < -0.3 is 14.6 Å². The van der Waals surface area contributed by atoms with Crippen LogP contribution in [-0.2, 0) is 0 Å². The number of hydrogen-bond donors (Lipinski definition) is 1. The first-order valence-corrected chi connectivity index (χ1v) is 7.50. The highest BCUT2D eigenvalue weighted by molar-refractivity contribution is 9.10. The monoisotopic (exact) mass is 370 g/mol. The number of rotatable bonds is 4. The van der Waals surface area contributed by atoms with Gasteiger partial charge in [-0.15, -0.1) is 0 Å². The molecule has 112 valence electrons. The summed E-state index contributed by atoms with van der Waals surface area (Å²) >= 11 is 9.50. The minimum atomic E-state index is -0.898. The molecule has 21 heavy (non-hydrogen) atoms. The van der Waals surface area contributed by atoms with Gasteiger partial charge in [0, 0.05) is 20.6 Å². The maximum atomic E-state index is 10.7. The normalized spacial score (nSPS) is 12.1. The van der Waals surface area contributed by atoms with Crippen LogP contribution in [0.4, 0.5) is 0 Å². The van der Waals surface area contributed by atoms with Crippen LogP contribution in [-0.4, -0.2) is 19.3 Å². The molecule has 5 heteroatoms. The zero-order valence-corrected chi connectivity index (χ0v) is 14.3. The van der Waals surface area contributed by atoms with Crippen LogP contribution in [0.15, 0.2) is 34.8 Å².